The predicted molar refractivity (Wildman–Crippen MR) is 86.3 cm³/mol. The summed E-state index contributed by atoms with van der Waals surface area (Å²) in [6, 6.07) is 10.1. The van der Waals surface area contributed by atoms with Gasteiger partial charge in [0.2, 0.25) is 0 Å². The summed E-state index contributed by atoms with van der Waals surface area (Å²) >= 11 is 0. The van der Waals surface area contributed by atoms with Crippen LogP contribution in [0.1, 0.15) is 19.3 Å². The van der Waals surface area contributed by atoms with Gasteiger partial charge in [-0.25, -0.2) is 4.79 Å². The van der Waals surface area contributed by atoms with E-state index < -0.39 is 12.2 Å². The third kappa shape index (κ3) is 3.40. The lowest BCUT2D eigenvalue weighted by Crippen LogP contribution is -2.33. The topological polar surface area (TPSA) is 76.8 Å². The highest BCUT2D eigenvalue weighted by Gasteiger charge is 2.31. The Bertz CT molecular complexity index is 588. The lowest BCUT2D eigenvalue weighted by atomic mass is 9.94. The Morgan fingerprint density at radius 1 is 1.22 bits per heavy atom. The molecule has 0 unspecified atom stereocenters. The first kappa shape index (κ1) is 15.6. The molecular formula is C17H21N3O3. The molecule has 1 N–H and O–H groups in total. The second kappa shape index (κ2) is 6.88. The van der Waals surface area contributed by atoms with Crippen molar-refractivity contribution in [1.82, 2.24) is 0 Å². The Balaban J connectivity index is 1.62. The van der Waals surface area contributed by atoms with Crippen molar-refractivity contribution in [2.75, 3.05) is 36.0 Å². The minimum atomic E-state index is -0.443. The second-order valence-electron chi connectivity index (χ2n) is 6.11. The fourth-order valence-corrected chi connectivity index (χ4v) is 3.20. The van der Waals surface area contributed by atoms with Crippen LogP contribution < -0.4 is 9.80 Å². The van der Waals surface area contributed by atoms with Crippen molar-refractivity contribution in [1.29, 1.82) is 5.26 Å². The summed E-state index contributed by atoms with van der Waals surface area (Å²) in [5.41, 5.74) is 1.92. The van der Waals surface area contributed by atoms with Gasteiger partial charge in [-0.2, -0.15) is 5.26 Å². The molecule has 2 fully saturated rings. The van der Waals surface area contributed by atoms with E-state index in [-0.39, 0.29) is 6.61 Å². The van der Waals surface area contributed by atoms with Crippen LogP contribution in [-0.2, 0) is 4.74 Å². The van der Waals surface area contributed by atoms with Gasteiger partial charge in [0.25, 0.3) is 0 Å². The molecule has 0 bridgehead atoms. The van der Waals surface area contributed by atoms with Gasteiger partial charge in [-0.15, -0.1) is 0 Å². The predicted octanol–water partition coefficient (Wildman–Crippen LogP) is 2.13. The molecule has 6 heteroatoms. The van der Waals surface area contributed by atoms with Crippen LogP contribution in [0, 0.1) is 17.2 Å². The number of cyclic esters (lactones) is 1. The third-order valence-corrected chi connectivity index (χ3v) is 4.60. The normalized spacial score (nSPS) is 22.1. The van der Waals surface area contributed by atoms with E-state index >= 15 is 0 Å². The number of aliphatic hydroxyl groups excluding tert-OH is 1. The summed E-state index contributed by atoms with van der Waals surface area (Å²) < 4.78 is 5.06. The maximum atomic E-state index is 11.8. The number of rotatable bonds is 4. The SMILES string of the molecule is N#CCC1CCN(c2ccc(N3C[C@H](CO)OC3=O)cc2)CC1. The molecule has 3 rings (SSSR count). The number of nitrogens with zero attached hydrogens (tertiary/aromatic N) is 3. The monoisotopic (exact) mass is 315 g/mol. The molecule has 0 spiro atoms. The first-order valence-electron chi connectivity index (χ1n) is 8.02. The first-order valence-corrected chi connectivity index (χ1v) is 8.02. The average molecular weight is 315 g/mol. The van der Waals surface area contributed by atoms with Crippen molar-refractivity contribution in [2.24, 2.45) is 5.92 Å². The molecule has 1 atom stereocenters. The maximum Gasteiger partial charge on any atom is 0.414 e. The van der Waals surface area contributed by atoms with E-state index in [4.69, 9.17) is 15.1 Å². The number of anilines is 2. The van der Waals surface area contributed by atoms with Crippen molar-refractivity contribution in [3.63, 3.8) is 0 Å². The highest BCUT2D eigenvalue weighted by Crippen LogP contribution is 2.28. The molecule has 2 saturated heterocycles. The zero-order valence-electron chi connectivity index (χ0n) is 13.0. The van der Waals surface area contributed by atoms with Gasteiger partial charge < -0.3 is 14.7 Å². The molecule has 6 nitrogen and oxygen atoms in total. The molecule has 1 amide bonds. The Hall–Kier alpha value is -2.26. The highest BCUT2D eigenvalue weighted by molar-refractivity contribution is 5.90. The Morgan fingerprint density at radius 3 is 2.43 bits per heavy atom. The summed E-state index contributed by atoms with van der Waals surface area (Å²) in [4.78, 5) is 15.6. The maximum absolute atomic E-state index is 11.8. The number of piperidine rings is 1. The third-order valence-electron chi connectivity index (χ3n) is 4.60. The van der Waals surface area contributed by atoms with E-state index in [9.17, 15) is 4.79 Å². The van der Waals surface area contributed by atoms with Crippen LogP contribution >= 0.6 is 0 Å². The van der Waals surface area contributed by atoms with Gasteiger partial charge in [0, 0.05) is 30.9 Å². The minimum absolute atomic E-state index is 0.155. The van der Waals surface area contributed by atoms with Gasteiger partial charge in [-0.3, -0.25) is 4.90 Å². The molecule has 122 valence electrons. The van der Waals surface area contributed by atoms with E-state index in [0.29, 0.717) is 18.9 Å². The lowest BCUT2D eigenvalue weighted by Gasteiger charge is -2.33. The Labute approximate surface area is 135 Å². The van der Waals surface area contributed by atoms with Gasteiger partial charge in [-0.05, 0) is 43.0 Å². The molecule has 0 saturated carbocycles. The lowest BCUT2D eigenvalue weighted by molar-refractivity contribution is 0.0963. The number of hydrogen-bond donors (Lipinski definition) is 1. The molecule has 2 heterocycles. The number of amides is 1. The molecule has 23 heavy (non-hydrogen) atoms. The van der Waals surface area contributed by atoms with Crippen molar-refractivity contribution < 1.29 is 14.6 Å². The van der Waals surface area contributed by atoms with Gasteiger partial charge in [0.15, 0.2) is 0 Å². The number of nitriles is 1. The number of hydrogen-bond acceptors (Lipinski definition) is 5. The summed E-state index contributed by atoms with van der Waals surface area (Å²) in [7, 11) is 0. The van der Waals surface area contributed by atoms with Gasteiger partial charge >= 0.3 is 6.09 Å². The van der Waals surface area contributed by atoms with Gasteiger partial charge in [-0.1, -0.05) is 0 Å². The van der Waals surface area contributed by atoms with E-state index in [2.05, 4.69) is 11.0 Å². The Kier molecular flexibility index (Phi) is 4.68. The largest absolute Gasteiger partial charge is 0.441 e. The number of aliphatic hydroxyl groups is 1. The van der Waals surface area contributed by atoms with Crippen molar-refractivity contribution >= 4 is 17.5 Å². The molecule has 1 aromatic rings. The summed E-state index contributed by atoms with van der Waals surface area (Å²) in [6.07, 6.45) is 1.89. The van der Waals surface area contributed by atoms with Crippen molar-refractivity contribution in [3.05, 3.63) is 24.3 Å². The molecule has 0 aromatic heterocycles. The highest BCUT2D eigenvalue weighted by atomic mass is 16.6. The first-order chi connectivity index (χ1) is 11.2. The van der Waals surface area contributed by atoms with Crippen LogP contribution in [0.3, 0.4) is 0 Å². The molecule has 2 aliphatic heterocycles. The van der Waals surface area contributed by atoms with E-state index in [1.54, 1.807) is 4.90 Å². The van der Waals surface area contributed by atoms with Crippen molar-refractivity contribution in [3.8, 4) is 6.07 Å². The van der Waals surface area contributed by atoms with E-state index in [1.807, 2.05) is 24.3 Å². The van der Waals surface area contributed by atoms with Crippen LogP contribution in [0.5, 0.6) is 0 Å². The van der Waals surface area contributed by atoms with Crippen LogP contribution in [-0.4, -0.2) is 43.5 Å². The smallest absolute Gasteiger partial charge is 0.414 e. The zero-order chi connectivity index (χ0) is 16.2. The number of carbonyl (C=O) groups is 1. The van der Waals surface area contributed by atoms with E-state index in [1.165, 1.54) is 0 Å². The quantitative estimate of drug-likeness (QED) is 0.921. The van der Waals surface area contributed by atoms with E-state index in [0.717, 1.165) is 37.3 Å². The van der Waals surface area contributed by atoms with Gasteiger partial charge in [0.05, 0.1) is 19.2 Å². The summed E-state index contributed by atoms with van der Waals surface area (Å²) in [6.45, 7) is 2.15. The number of carbonyl (C=O) groups excluding carboxylic acids is 1. The molecule has 1 aromatic carbocycles. The fraction of sp³-hybridized carbons (Fsp3) is 0.529. The molecule has 2 aliphatic rings. The molecule has 0 radical (unpaired) electrons. The van der Waals surface area contributed by atoms with Crippen LogP contribution in [0.2, 0.25) is 0 Å². The Morgan fingerprint density at radius 2 is 1.87 bits per heavy atom. The molecule has 0 aliphatic carbocycles. The number of benzene rings is 1. The van der Waals surface area contributed by atoms with Crippen LogP contribution in [0.15, 0.2) is 24.3 Å². The zero-order valence-corrected chi connectivity index (χ0v) is 13.0. The van der Waals surface area contributed by atoms with Gasteiger partial charge in [0.1, 0.15) is 6.10 Å². The number of ether oxygens (including phenoxy) is 1. The van der Waals surface area contributed by atoms with Crippen LogP contribution in [0.4, 0.5) is 16.2 Å². The fourth-order valence-electron chi connectivity index (χ4n) is 3.20. The molecular weight excluding hydrogens is 294 g/mol. The second-order valence-corrected chi connectivity index (χ2v) is 6.11. The summed E-state index contributed by atoms with van der Waals surface area (Å²) in [5.74, 6) is 0.519. The summed E-state index contributed by atoms with van der Waals surface area (Å²) in [5, 5.41) is 17.9. The average Bonchev–Trinajstić information content (AvgIpc) is 2.97. The standard InChI is InChI=1S/C17H21N3O3/c18-8-5-13-6-9-19(10-7-13)14-1-3-15(4-2-14)20-11-16(12-21)23-17(20)22/h1-4,13,16,21H,5-7,9-12H2/t16-/m1/s1. The van der Waals surface area contributed by atoms with Crippen LogP contribution in [0.25, 0.3) is 0 Å². The minimum Gasteiger partial charge on any atom is -0.441 e. The van der Waals surface area contributed by atoms with Crippen molar-refractivity contribution in [2.45, 2.75) is 25.4 Å².